The fraction of sp³-hybridized carbons (Fsp3) is 0.600. The quantitative estimate of drug-likeness (QED) is 0.678. The minimum absolute atomic E-state index is 0.366. The van der Waals surface area contributed by atoms with Crippen LogP contribution in [0.3, 0.4) is 0 Å². The molecule has 0 aliphatic carbocycles. The third kappa shape index (κ3) is 5.56. The maximum Gasteiger partial charge on any atom is 0.0409 e. The third-order valence-corrected chi connectivity index (χ3v) is 3.36. The summed E-state index contributed by atoms with van der Waals surface area (Å²) in [5, 5.41) is 4.44. The first-order valence-corrected chi connectivity index (χ1v) is 7.02. The molecule has 1 rings (SSSR count). The van der Waals surface area contributed by atoms with Crippen LogP contribution in [0.25, 0.3) is 0 Å². The van der Waals surface area contributed by atoms with Crippen molar-refractivity contribution in [1.29, 1.82) is 0 Å². The van der Waals surface area contributed by atoms with Gasteiger partial charge in [0.05, 0.1) is 0 Å². The van der Waals surface area contributed by atoms with E-state index < -0.39 is 0 Å². The Kier molecular flexibility index (Phi) is 6.61. The molecule has 1 aromatic rings. The number of benzene rings is 1. The highest BCUT2D eigenvalue weighted by Crippen LogP contribution is 2.18. The van der Waals surface area contributed by atoms with Gasteiger partial charge in [-0.2, -0.15) is 0 Å². The first kappa shape index (κ1) is 14.5. The number of nitrogens with one attached hydrogen (secondary N) is 1. The Morgan fingerprint density at radius 1 is 1.24 bits per heavy atom. The van der Waals surface area contributed by atoms with Crippen LogP contribution in [0, 0.1) is 0 Å². The van der Waals surface area contributed by atoms with Crippen molar-refractivity contribution >= 4 is 11.6 Å². The van der Waals surface area contributed by atoms with Gasteiger partial charge in [-0.3, -0.25) is 0 Å². The van der Waals surface area contributed by atoms with Gasteiger partial charge in [-0.05, 0) is 38.0 Å². The van der Waals surface area contributed by atoms with Crippen LogP contribution >= 0.6 is 11.6 Å². The van der Waals surface area contributed by atoms with Crippen LogP contribution in [0.1, 0.15) is 58.1 Å². The van der Waals surface area contributed by atoms with E-state index in [0.29, 0.717) is 12.1 Å². The molecule has 0 amide bonds. The zero-order valence-electron chi connectivity index (χ0n) is 11.2. The molecule has 96 valence electrons. The maximum absolute atomic E-state index is 6.00. The summed E-state index contributed by atoms with van der Waals surface area (Å²) < 4.78 is 0. The van der Waals surface area contributed by atoms with Gasteiger partial charge < -0.3 is 5.32 Å². The Morgan fingerprint density at radius 2 is 2.00 bits per heavy atom. The summed E-state index contributed by atoms with van der Waals surface area (Å²) in [7, 11) is 0. The van der Waals surface area contributed by atoms with Crippen LogP contribution in [-0.4, -0.2) is 6.04 Å². The normalized spacial score (nSPS) is 14.6. The Labute approximate surface area is 111 Å². The van der Waals surface area contributed by atoms with Gasteiger partial charge in [0.15, 0.2) is 0 Å². The lowest BCUT2D eigenvalue weighted by Crippen LogP contribution is -2.28. The number of hydrogen-bond acceptors (Lipinski definition) is 1. The molecule has 0 heterocycles. The number of hydrogen-bond donors (Lipinski definition) is 1. The highest BCUT2D eigenvalue weighted by atomic mass is 35.5. The average Bonchev–Trinajstić information content (AvgIpc) is 2.29. The first-order chi connectivity index (χ1) is 8.13. The van der Waals surface area contributed by atoms with Crippen LogP contribution < -0.4 is 5.32 Å². The lowest BCUT2D eigenvalue weighted by atomic mass is 10.1. The molecular formula is C15H24ClN. The van der Waals surface area contributed by atoms with Crippen LogP contribution in [0.2, 0.25) is 5.02 Å². The maximum atomic E-state index is 6.00. The van der Waals surface area contributed by atoms with Crippen molar-refractivity contribution in [2.45, 2.75) is 58.5 Å². The summed E-state index contributed by atoms with van der Waals surface area (Å²) in [5.41, 5.74) is 1.26. The number of unbranched alkanes of at least 4 members (excludes halogenated alkanes) is 2. The van der Waals surface area contributed by atoms with Gasteiger partial charge >= 0.3 is 0 Å². The molecule has 1 unspecified atom stereocenters. The van der Waals surface area contributed by atoms with Gasteiger partial charge in [-0.15, -0.1) is 0 Å². The van der Waals surface area contributed by atoms with Crippen LogP contribution in [0.15, 0.2) is 24.3 Å². The second-order valence-corrected chi connectivity index (χ2v) is 5.28. The van der Waals surface area contributed by atoms with Crippen LogP contribution in [-0.2, 0) is 0 Å². The fourth-order valence-electron chi connectivity index (χ4n) is 2.08. The lowest BCUT2D eigenvalue weighted by molar-refractivity contribution is 0.440. The molecule has 1 nitrogen and oxygen atoms in total. The molecule has 1 aromatic carbocycles. The van der Waals surface area contributed by atoms with E-state index in [-0.39, 0.29) is 0 Å². The zero-order chi connectivity index (χ0) is 12.7. The molecule has 2 atom stereocenters. The molecule has 2 heteroatoms. The molecule has 0 spiro atoms. The SMILES string of the molecule is CCCCCC(C)N[C@H](C)c1cccc(Cl)c1. The van der Waals surface area contributed by atoms with Crippen molar-refractivity contribution in [3.63, 3.8) is 0 Å². The minimum atomic E-state index is 0.366. The van der Waals surface area contributed by atoms with E-state index in [1.54, 1.807) is 0 Å². The number of rotatable bonds is 7. The van der Waals surface area contributed by atoms with E-state index in [1.165, 1.54) is 31.2 Å². The molecule has 0 radical (unpaired) electrons. The molecule has 17 heavy (non-hydrogen) atoms. The van der Waals surface area contributed by atoms with E-state index in [9.17, 15) is 0 Å². The summed E-state index contributed by atoms with van der Waals surface area (Å²) in [5.74, 6) is 0. The Balaban J connectivity index is 2.40. The van der Waals surface area contributed by atoms with Crippen molar-refractivity contribution in [1.82, 2.24) is 5.32 Å². The van der Waals surface area contributed by atoms with Crippen molar-refractivity contribution in [2.75, 3.05) is 0 Å². The Morgan fingerprint density at radius 3 is 2.65 bits per heavy atom. The summed E-state index contributed by atoms with van der Waals surface area (Å²) >= 11 is 6.00. The summed E-state index contributed by atoms with van der Waals surface area (Å²) in [4.78, 5) is 0. The summed E-state index contributed by atoms with van der Waals surface area (Å²) in [6, 6.07) is 9.03. The van der Waals surface area contributed by atoms with E-state index >= 15 is 0 Å². The van der Waals surface area contributed by atoms with Gasteiger partial charge in [0.2, 0.25) is 0 Å². The Bertz CT molecular complexity index is 324. The number of halogens is 1. The molecule has 0 saturated carbocycles. The van der Waals surface area contributed by atoms with Gasteiger partial charge in [0.1, 0.15) is 0 Å². The van der Waals surface area contributed by atoms with E-state index in [2.05, 4.69) is 32.2 Å². The van der Waals surface area contributed by atoms with E-state index in [1.807, 2.05) is 18.2 Å². The molecule has 0 aliphatic heterocycles. The largest absolute Gasteiger partial charge is 0.308 e. The second-order valence-electron chi connectivity index (χ2n) is 4.84. The second kappa shape index (κ2) is 7.73. The topological polar surface area (TPSA) is 12.0 Å². The first-order valence-electron chi connectivity index (χ1n) is 6.65. The predicted molar refractivity (Wildman–Crippen MR) is 76.6 cm³/mol. The van der Waals surface area contributed by atoms with Crippen molar-refractivity contribution < 1.29 is 0 Å². The van der Waals surface area contributed by atoms with Crippen LogP contribution in [0.5, 0.6) is 0 Å². The van der Waals surface area contributed by atoms with Gasteiger partial charge in [0.25, 0.3) is 0 Å². The highest BCUT2D eigenvalue weighted by molar-refractivity contribution is 6.30. The molecule has 0 saturated heterocycles. The third-order valence-electron chi connectivity index (χ3n) is 3.12. The molecule has 1 N–H and O–H groups in total. The van der Waals surface area contributed by atoms with Crippen LogP contribution in [0.4, 0.5) is 0 Å². The zero-order valence-corrected chi connectivity index (χ0v) is 11.9. The fourth-order valence-corrected chi connectivity index (χ4v) is 2.28. The van der Waals surface area contributed by atoms with Crippen molar-refractivity contribution in [2.24, 2.45) is 0 Å². The summed E-state index contributed by atoms with van der Waals surface area (Å²) in [6.07, 6.45) is 5.18. The Hall–Kier alpha value is -0.530. The van der Waals surface area contributed by atoms with Crippen molar-refractivity contribution in [3.05, 3.63) is 34.9 Å². The van der Waals surface area contributed by atoms with Gasteiger partial charge in [-0.1, -0.05) is 49.9 Å². The van der Waals surface area contributed by atoms with Gasteiger partial charge in [-0.25, -0.2) is 0 Å². The minimum Gasteiger partial charge on any atom is -0.308 e. The summed E-state index contributed by atoms with van der Waals surface area (Å²) in [6.45, 7) is 6.70. The molecule has 0 fully saturated rings. The monoisotopic (exact) mass is 253 g/mol. The van der Waals surface area contributed by atoms with E-state index in [4.69, 9.17) is 11.6 Å². The van der Waals surface area contributed by atoms with E-state index in [0.717, 1.165) is 5.02 Å². The molecule has 0 aliphatic rings. The average molecular weight is 254 g/mol. The predicted octanol–water partition coefficient (Wildman–Crippen LogP) is 4.96. The standard InChI is InChI=1S/C15H24ClN/c1-4-5-6-8-12(2)17-13(3)14-9-7-10-15(16)11-14/h7,9-13,17H,4-6,8H2,1-3H3/t12?,13-/m1/s1. The van der Waals surface area contributed by atoms with Crippen molar-refractivity contribution in [3.8, 4) is 0 Å². The van der Waals surface area contributed by atoms with Gasteiger partial charge in [0, 0.05) is 17.1 Å². The molecule has 0 bridgehead atoms. The molecule has 0 aromatic heterocycles. The highest BCUT2D eigenvalue weighted by Gasteiger charge is 2.09. The smallest absolute Gasteiger partial charge is 0.0409 e. The lowest BCUT2D eigenvalue weighted by Gasteiger charge is -2.20. The molecular weight excluding hydrogens is 230 g/mol.